The van der Waals surface area contributed by atoms with Gasteiger partial charge in [0.1, 0.15) is 6.10 Å². The van der Waals surface area contributed by atoms with Gasteiger partial charge in [0.25, 0.3) is 0 Å². The van der Waals surface area contributed by atoms with Crippen molar-refractivity contribution in [3.05, 3.63) is 35.9 Å². The van der Waals surface area contributed by atoms with Crippen LogP contribution in [0.3, 0.4) is 0 Å². The molecule has 1 aliphatic heterocycles. The van der Waals surface area contributed by atoms with E-state index in [0.717, 1.165) is 12.8 Å². The summed E-state index contributed by atoms with van der Waals surface area (Å²) in [5.41, 5.74) is 1.18. The van der Waals surface area contributed by atoms with E-state index < -0.39 is 14.1 Å². The summed E-state index contributed by atoms with van der Waals surface area (Å²) < 4.78 is 25.9. The second kappa shape index (κ2) is 12.1. The lowest BCUT2D eigenvalue weighted by Gasteiger charge is -2.41. The molecule has 0 amide bonds. The number of hydrogen-bond donors (Lipinski definition) is 0. The zero-order valence-corrected chi connectivity index (χ0v) is 22.9. The standard InChI is InChI=1S/C27H48O4Si/c1-9-10-11-12-16-19-23-25(30-27(5,6)29-23)24(31-32(7,8)26(2,3)4)21-28-20-22-17-14-13-15-18-22/h13-15,17-18,23-25H,9-12,16,19-21H2,1-8H3/t23-,24+,25-/m0/s1. The molecule has 0 aliphatic carbocycles. The molecule has 0 saturated carbocycles. The second-order valence-corrected chi connectivity index (χ2v) is 16.0. The number of unbranched alkanes of at least 4 members (excludes halogenated alkanes) is 4. The van der Waals surface area contributed by atoms with Crippen molar-refractivity contribution in [3.63, 3.8) is 0 Å². The Labute approximate surface area is 198 Å². The molecular formula is C27H48O4Si. The topological polar surface area (TPSA) is 36.9 Å². The first-order valence-electron chi connectivity index (χ1n) is 12.6. The van der Waals surface area contributed by atoms with E-state index in [1.165, 1.54) is 31.2 Å². The first-order chi connectivity index (χ1) is 15.0. The maximum Gasteiger partial charge on any atom is 0.192 e. The van der Waals surface area contributed by atoms with Crippen LogP contribution in [0.2, 0.25) is 18.1 Å². The predicted molar refractivity (Wildman–Crippen MR) is 135 cm³/mol. The molecule has 4 nitrogen and oxygen atoms in total. The first kappa shape index (κ1) is 27.5. The zero-order valence-electron chi connectivity index (χ0n) is 21.9. The van der Waals surface area contributed by atoms with E-state index in [0.29, 0.717) is 13.2 Å². The quantitative estimate of drug-likeness (QED) is 0.224. The van der Waals surface area contributed by atoms with Crippen molar-refractivity contribution in [2.75, 3.05) is 6.61 Å². The minimum Gasteiger partial charge on any atom is -0.409 e. The zero-order chi connectivity index (χ0) is 23.8. The second-order valence-electron chi connectivity index (χ2n) is 11.3. The van der Waals surface area contributed by atoms with Gasteiger partial charge in [-0.2, -0.15) is 0 Å². The van der Waals surface area contributed by atoms with Gasteiger partial charge in [-0.15, -0.1) is 0 Å². The molecule has 0 radical (unpaired) electrons. The first-order valence-corrected chi connectivity index (χ1v) is 15.5. The summed E-state index contributed by atoms with van der Waals surface area (Å²) in [6.45, 7) is 18.8. The predicted octanol–water partition coefficient (Wildman–Crippen LogP) is 7.47. The molecular weight excluding hydrogens is 416 g/mol. The monoisotopic (exact) mass is 464 g/mol. The maximum absolute atomic E-state index is 6.90. The highest BCUT2D eigenvalue weighted by Gasteiger charge is 2.48. The number of hydrogen-bond acceptors (Lipinski definition) is 4. The largest absolute Gasteiger partial charge is 0.409 e. The molecule has 1 aliphatic rings. The summed E-state index contributed by atoms with van der Waals surface area (Å²) in [4.78, 5) is 0. The number of benzene rings is 1. The summed E-state index contributed by atoms with van der Waals surface area (Å²) in [7, 11) is -2.01. The third-order valence-electron chi connectivity index (χ3n) is 6.83. The van der Waals surface area contributed by atoms with Crippen LogP contribution in [0.1, 0.15) is 85.6 Å². The summed E-state index contributed by atoms with van der Waals surface area (Å²) in [6, 6.07) is 10.3. The van der Waals surface area contributed by atoms with Gasteiger partial charge in [-0.25, -0.2) is 0 Å². The molecule has 0 aromatic heterocycles. The number of rotatable bonds is 13. The highest BCUT2D eigenvalue weighted by Crippen LogP contribution is 2.40. The van der Waals surface area contributed by atoms with E-state index in [4.69, 9.17) is 18.6 Å². The van der Waals surface area contributed by atoms with Crippen LogP contribution in [0.5, 0.6) is 0 Å². The Bertz CT molecular complexity index is 653. The van der Waals surface area contributed by atoms with Crippen LogP contribution in [0.4, 0.5) is 0 Å². The summed E-state index contributed by atoms with van der Waals surface area (Å²) in [6.07, 6.45) is 7.08. The van der Waals surface area contributed by atoms with Crippen LogP contribution >= 0.6 is 0 Å². The lowest BCUT2D eigenvalue weighted by molar-refractivity contribution is -0.158. The average molecular weight is 465 g/mol. The molecule has 184 valence electrons. The Balaban J connectivity index is 2.10. The van der Waals surface area contributed by atoms with Gasteiger partial charge >= 0.3 is 0 Å². The maximum atomic E-state index is 6.90. The van der Waals surface area contributed by atoms with Gasteiger partial charge in [0.2, 0.25) is 0 Å². The molecule has 1 fully saturated rings. The van der Waals surface area contributed by atoms with Crippen LogP contribution in [0.25, 0.3) is 0 Å². The van der Waals surface area contributed by atoms with Crippen molar-refractivity contribution in [2.45, 2.75) is 129 Å². The molecule has 32 heavy (non-hydrogen) atoms. The van der Waals surface area contributed by atoms with Gasteiger partial charge in [0.05, 0.1) is 25.4 Å². The van der Waals surface area contributed by atoms with Crippen LogP contribution in [0, 0.1) is 0 Å². The molecule has 1 aromatic carbocycles. The van der Waals surface area contributed by atoms with Gasteiger partial charge in [0.15, 0.2) is 14.1 Å². The fourth-order valence-corrected chi connectivity index (χ4v) is 5.28. The Hall–Kier alpha value is -0.723. The van der Waals surface area contributed by atoms with E-state index in [-0.39, 0.29) is 23.4 Å². The van der Waals surface area contributed by atoms with Crippen molar-refractivity contribution >= 4 is 8.32 Å². The minimum absolute atomic E-state index is 0.0433. The van der Waals surface area contributed by atoms with Crippen molar-refractivity contribution in [1.29, 1.82) is 0 Å². The van der Waals surface area contributed by atoms with Crippen LogP contribution in [0.15, 0.2) is 30.3 Å². The van der Waals surface area contributed by atoms with Gasteiger partial charge < -0.3 is 18.6 Å². The third-order valence-corrected chi connectivity index (χ3v) is 11.3. The van der Waals surface area contributed by atoms with E-state index in [9.17, 15) is 0 Å². The highest BCUT2D eigenvalue weighted by molar-refractivity contribution is 6.74. The fraction of sp³-hybridized carbons (Fsp3) is 0.778. The smallest absolute Gasteiger partial charge is 0.192 e. The molecule has 2 rings (SSSR count). The molecule has 1 saturated heterocycles. The molecule has 1 heterocycles. The molecule has 3 atom stereocenters. The Morgan fingerprint density at radius 2 is 1.66 bits per heavy atom. The van der Waals surface area contributed by atoms with Crippen molar-refractivity contribution < 1.29 is 18.6 Å². The molecule has 0 unspecified atom stereocenters. The Morgan fingerprint density at radius 1 is 1.00 bits per heavy atom. The van der Waals surface area contributed by atoms with Gasteiger partial charge in [-0.3, -0.25) is 0 Å². The van der Waals surface area contributed by atoms with E-state index in [2.05, 4.69) is 52.9 Å². The summed E-state index contributed by atoms with van der Waals surface area (Å²) in [5, 5.41) is 0.120. The van der Waals surface area contributed by atoms with Crippen molar-refractivity contribution in [2.24, 2.45) is 0 Å². The lowest BCUT2D eigenvalue weighted by atomic mass is 10.0. The van der Waals surface area contributed by atoms with Crippen LogP contribution < -0.4 is 0 Å². The van der Waals surface area contributed by atoms with Gasteiger partial charge in [-0.1, -0.05) is 90.1 Å². The van der Waals surface area contributed by atoms with Crippen LogP contribution in [-0.2, 0) is 25.2 Å². The lowest BCUT2D eigenvalue weighted by Crippen LogP contribution is -2.51. The highest BCUT2D eigenvalue weighted by atomic mass is 28.4. The van der Waals surface area contributed by atoms with Gasteiger partial charge in [-0.05, 0) is 44.0 Å². The molecule has 0 bridgehead atoms. The fourth-order valence-electron chi connectivity index (χ4n) is 3.97. The van der Waals surface area contributed by atoms with Crippen molar-refractivity contribution in [3.8, 4) is 0 Å². The summed E-state index contributed by atoms with van der Waals surface area (Å²) >= 11 is 0. The van der Waals surface area contributed by atoms with E-state index in [1.54, 1.807) is 0 Å². The van der Waals surface area contributed by atoms with Crippen LogP contribution in [-0.4, -0.2) is 39.0 Å². The normalized spacial score (nSPS) is 22.2. The third kappa shape index (κ3) is 8.57. The molecule has 0 N–H and O–H groups in total. The van der Waals surface area contributed by atoms with Crippen molar-refractivity contribution in [1.82, 2.24) is 0 Å². The Kier molecular flexibility index (Phi) is 10.4. The SMILES string of the molecule is CCCCCCC[C@@H]1OC(C)(C)O[C@@H]1[C@@H](COCc1ccccc1)O[Si](C)(C)C(C)(C)C. The summed E-state index contributed by atoms with van der Waals surface area (Å²) in [5.74, 6) is -0.590. The van der Waals surface area contributed by atoms with E-state index in [1.807, 2.05) is 32.0 Å². The van der Waals surface area contributed by atoms with E-state index >= 15 is 0 Å². The Morgan fingerprint density at radius 3 is 2.28 bits per heavy atom. The minimum atomic E-state index is -2.01. The average Bonchev–Trinajstić information content (AvgIpc) is 3.01. The molecule has 0 spiro atoms. The molecule has 5 heteroatoms. The molecule has 1 aromatic rings. The van der Waals surface area contributed by atoms with Gasteiger partial charge in [0, 0.05) is 0 Å². The number of ether oxygens (including phenoxy) is 3.